The minimum absolute atomic E-state index is 0.0256. The third-order valence-corrected chi connectivity index (χ3v) is 3.53. The van der Waals surface area contributed by atoms with E-state index >= 15 is 0 Å². The largest absolute Gasteiger partial charge is 0.436 e. The maximum Gasteiger partial charge on any atom is 0.238 e. The average Bonchev–Trinajstić information content (AvgIpc) is 2.47. The molecule has 0 aliphatic rings. The van der Waals surface area contributed by atoms with Gasteiger partial charge in [-0.05, 0) is 41.0 Å². The fraction of sp³-hybridized carbons (Fsp3) is 0.286. The van der Waals surface area contributed by atoms with Crippen molar-refractivity contribution in [1.29, 1.82) is 0 Å². The van der Waals surface area contributed by atoms with Crippen LogP contribution in [-0.2, 0) is 6.54 Å². The van der Waals surface area contributed by atoms with Crippen LogP contribution in [-0.4, -0.2) is 16.7 Å². The summed E-state index contributed by atoms with van der Waals surface area (Å²) in [7, 11) is 0. The number of ether oxygens (including phenoxy) is 1. The first kappa shape index (κ1) is 16.1. The summed E-state index contributed by atoms with van der Waals surface area (Å²) in [6, 6.07) is 6.13. The van der Waals surface area contributed by atoms with Crippen LogP contribution >= 0.6 is 27.5 Å². The fourth-order valence-corrected chi connectivity index (χ4v) is 2.30. The molecule has 0 spiro atoms. The molecule has 2 aromatic rings. The molecule has 0 saturated carbocycles. The lowest BCUT2D eigenvalue weighted by molar-refractivity contribution is 0.446. The van der Waals surface area contributed by atoms with E-state index < -0.39 is 5.82 Å². The zero-order valence-corrected chi connectivity index (χ0v) is 13.7. The zero-order valence-electron chi connectivity index (χ0n) is 11.4. The lowest BCUT2D eigenvalue weighted by Crippen LogP contribution is -2.15. The average molecular weight is 375 g/mol. The molecule has 0 fully saturated rings. The molecule has 112 valence electrons. The Hall–Kier alpha value is -1.24. The number of nitrogens with zero attached hydrogens (tertiary/aromatic N) is 2. The maximum atomic E-state index is 13.4. The van der Waals surface area contributed by atoms with Crippen LogP contribution < -0.4 is 10.1 Å². The van der Waals surface area contributed by atoms with Crippen LogP contribution in [0, 0.1) is 5.82 Å². The molecule has 0 radical (unpaired) electrons. The number of rotatable bonds is 6. The predicted octanol–water partition coefficient (Wildman–Crippen LogP) is 4.32. The number of aromatic nitrogens is 2. The van der Waals surface area contributed by atoms with Gasteiger partial charge in [-0.1, -0.05) is 18.5 Å². The molecule has 0 aliphatic carbocycles. The molecule has 0 bridgehead atoms. The summed E-state index contributed by atoms with van der Waals surface area (Å²) in [4.78, 5) is 0. The summed E-state index contributed by atoms with van der Waals surface area (Å²) >= 11 is 8.94. The Morgan fingerprint density at radius 3 is 2.81 bits per heavy atom. The smallest absolute Gasteiger partial charge is 0.238 e. The second kappa shape index (κ2) is 7.68. The first-order valence-electron chi connectivity index (χ1n) is 6.46. The minimum Gasteiger partial charge on any atom is -0.436 e. The van der Waals surface area contributed by atoms with E-state index in [4.69, 9.17) is 16.3 Å². The first-order valence-corrected chi connectivity index (χ1v) is 7.63. The predicted molar refractivity (Wildman–Crippen MR) is 83.2 cm³/mol. The second-order valence-corrected chi connectivity index (χ2v) is 5.60. The Labute approximate surface area is 135 Å². The molecule has 1 aromatic carbocycles. The molecular weight excluding hydrogens is 361 g/mol. The van der Waals surface area contributed by atoms with E-state index in [1.807, 2.05) is 6.07 Å². The Kier molecular flexibility index (Phi) is 5.90. The SMILES string of the molecule is CCCNCc1ccc(Oc2cc(F)c(Cl)cc2Br)nn1. The molecule has 0 aliphatic heterocycles. The molecule has 0 atom stereocenters. The van der Waals surface area contributed by atoms with E-state index in [1.165, 1.54) is 12.1 Å². The topological polar surface area (TPSA) is 47.0 Å². The lowest BCUT2D eigenvalue weighted by Gasteiger charge is -2.08. The van der Waals surface area contributed by atoms with Gasteiger partial charge in [-0.25, -0.2) is 4.39 Å². The van der Waals surface area contributed by atoms with E-state index in [0.29, 0.717) is 16.8 Å². The van der Waals surface area contributed by atoms with Gasteiger partial charge in [-0.3, -0.25) is 0 Å². The third kappa shape index (κ3) is 4.62. The summed E-state index contributed by atoms with van der Waals surface area (Å²) in [6.07, 6.45) is 1.06. The summed E-state index contributed by atoms with van der Waals surface area (Å²) in [5.74, 6) is 0.0305. The standard InChI is InChI=1S/C14H14BrClFN3O/c1-2-5-18-8-9-3-4-14(20-19-9)21-13-7-12(17)11(16)6-10(13)15/h3-4,6-7,18H,2,5,8H2,1H3. The van der Waals surface area contributed by atoms with Crippen molar-refractivity contribution in [2.45, 2.75) is 19.9 Å². The molecule has 1 heterocycles. The van der Waals surface area contributed by atoms with Crippen molar-refractivity contribution in [3.8, 4) is 11.6 Å². The zero-order chi connectivity index (χ0) is 15.2. The Bertz CT molecular complexity index is 610. The Balaban J connectivity index is 2.05. The Morgan fingerprint density at radius 2 is 2.14 bits per heavy atom. The lowest BCUT2D eigenvalue weighted by atomic mass is 10.3. The van der Waals surface area contributed by atoms with Gasteiger partial charge in [0.05, 0.1) is 15.2 Å². The number of halogens is 3. The number of benzene rings is 1. The van der Waals surface area contributed by atoms with E-state index in [1.54, 1.807) is 6.07 Å². The van der Waals surface area contributed by atoms with Gasteiger partial charge in [0.1, 0.15) is 11.6 Å². The van der Waals surface area contributed by atoms with Crippen LogP contribution in [0.1, 0.15) is 19.0 Å². The van der Waals surface area contributed by atoms with Gasteiger partial charge in [-0.15, -0.1) is 5.10 Å². The van der Waals surface area contributed by atoms with Crippen molar-refractivity contribution < 1.29 is 9.13 Å². The maximum absolute atomic E-state index is 13.4. The van der Waals surface area contributed by atoms with Crippen molar-refractivity contribution in [2.24, 2.45) is 0 Å². The molecule has 0 unspecified atom stereocenters. The van der Waals surface area contributed by atoms with E-state index in [2.05, 4.69) is 38.4 Å². The van der Waals surface area contributed by atoms with E-state index in [9.17, 15) is 4.39 Å². The molecular formula is C14H14BrClFN3O. The quantitative estimate of drug-likeness (QED) is 0.604. The summed E-state index contributed by atoms with van der Waals surface area (Å²) in [6.45, 7) is 3.68. The normalized spacial score (nSPS) is 10.7. The van der Waals surface area contributed by atoms with Gasteiger partial charge in [0.25, 0.3) is 0 Å². The monoisotopic (exact) mass is 373 g/mol. The second-order valence-electron chi connectivity index (χ2n) is 4.34. The van der Waals surface area contributed by atoms with Gasteiger partial charge in [0, 0.05) is 18.7 Å². The fourth-order valence-electron chi connectivity index (χ4n) is 1.58. The van der Waals surface area contributed by atoms with Crippen molar-refractivity contribution in [3.63, 3.8) is 0 Å². The van der Waals surface area contributed by atoms with Crippen LogP contribution in [0.2, 0.25) is 5.02 Å². The molecule has 0 amide bonds. The highest BCUT2D eigenvalue weighted by Crippen LogP contribution is 2.32. The number of hydrogen-bond acceptors (Lipinski definition) is 4. The van der Waals surface area contributed by atoms with Crippen LogP contribution in [0.15, 0.2) is 28.7 Å². The van der Waals surface area contributed by atoms with Gasteiger partial charge in [0.2, 0.25) is 5.88 Å². The summed E-state index contributed by atoms with van der Waals surface area (Å²) < 4.78 is 19.5. The van der Waals surface area contributed by atoms with Crippen LogP contribution in [0.4, 0.5) is 4.39 Å². The van der Waals surface area contributed by atoms with Crippen molar-refractivity contribution in [1.82, 2.24) is 15.5 Å². The molecule has 21 heavy (non-hydrogen) atoms. The highest BCUT2D eigenvalue weighted by Gasteiger charge is 2.10. The van der Waals surface area contributed by atoms with Crippen LogP contribution in [0.25, 0.3) is 0 Å². The van der Waals surface area contributed by atoms with Gasteiger partial charge < -0.3 is 10.1 Å². The summed E-state index contributed by atoms with van der Waals surface area (Å²) in [5.41, 5.74) is 0.817. The molecule has 7 heteroatoms. The minimum atomic E-state index is -0.553. The summed E-state index contributed by atoms with van der Waals surface area (Å²) in [5, 5.41) is 11.3. The van der Waals surface area contributed by atoms with Gasteiger partial charge in [-0.2, -0.15) is 5.10 Å². The van der Waals surface area contributed by atoms with E-state index in [0.717, 1.165) is 18.7 Å². The van der Waals surface area contributed by atoms with Crippen LogP contribution in [0.3, 0.4) is 0 Å². The number of nitrogens with one attached hydrogen (secondary N) is 1. The first-order chi connectivity index (χ1) is 10.1. The molecule has 2 rings (SSSR count). The van der Waals surface area contributed by atoms with Gasteiger partial charge >= 0.3 is 0 Å². The Morgan fingerprint density at radius 1 is 1.33 bits per heavy atom. The highest BCUT2D eigenvalue weighted by molar-refractivity contribution is 9.10. The van der Waals surface area contributed by atoms with Crippen LogP contribution in [0.5, 0.6) is 11.6 Å². The molecule has 1 N–H and O–H groups in total. The molecule has 1 aromatic heterocycles. The van der Waals surface area contributed by atoms with Crippen molar-refractivity contribution in [2.75, 3.05) is 6.54 Å². The van der Waals surface area contributed by atoms with Crippen molar-refractivity contribution in [3.05, 3.63) is 45.3 Å². The van der Waals surface area contributed by atoms with Gasteiger partial charge in [0.15, 0.2) is 0 Å². The van der Waals surface area contributed by atoms with Crippen molar-refractivity contribution >= 4 is 27.5 Å². The van der Waals surface area contributed by atoms with E-state index in [-0.39, 0.29) is 10.9 Å². The third-order valence-electron chi connectivity index (χ3n) is 2.62. The number of hydrogen-bond donors (Lipinski definition) is 1. The molecule has 4 nitrogen and oxygen atoms in total. The highest BCUT2D eigenvalue weighted by atomic mass is 79.9. The molecule has 0 saturated heterocycles.